The van der Waals surface area contributed by atoms with Crippen LogP contribution in [0.4, 0.5) is 21.9 Å². The van der Waals surface area contributed by atoms with Crippen LogP contribution in [0.3, 0.4) is 0 Å². The minimum atomic E-state index is -0.504. The number of carbonyl (C=O) groups is 2. The van der Waals surface area contributed by atoms with Crippen molar-refractivity contribution in [2.45, 2.75) is 39.7 Å². The van der Waals surface area contributed by atoms with Gasteiger partial charge in [-0.1, -0.05) is 31.2 Å². The van der Waals surface area contributed by atoms with Gasteiger partial charge in [-0.25, -0.2) is 4.79 Å². The van der Waals surface area contributed by atoms with Gasteiger partial charge in [0.15, 0.2) is 0 Å². The minimum Gasteiger partial charge on any atom is -0.450 e. The standard InChI is InChI=1S/C22H27N3O3.ClH.H2O/c1-4-23-15(3)21(26)25-19-9-7-6-8-16(19)10-11-17-12-13-18(14-20(17)25)24-22(27)28-5-2;;/h6-9,12-15,23H,4-5,10-11H2,1-3H3,(H,24,27);1H;1H2. The first-order valence-electron chi connectivity index (χ1n) is 9.77. The van der Waals surface area contributed by atoms with E-state index in [0.717, 1.165) is 35.3 Å². The van der Waals surface area contributed by atoms with Gasteiger partial charge in [0.25, 0.3) is 0 Å². The van der Waals surface area contributed by atoms with E-state index >= 15 is 0 Å². The molecule has 1 unspecified atom stereocenters. The average molecular weight is 436 g/mol. The molecule has 2 aromatic carbocycles. The summed E-state index contributed by atoms with van der Waals surface area (Å²) < 4.78 is 4.97. The van der Waals surface area contributed by atoms with Gasteiger partial charge in [-0.3, -0.25) is 15.0 Å². The van der Waals surface area contributed by atoms with Gasteiger partial charge in [-0.05, 0) is 62.6 Å². The van der Waals surface area contributed by atoms with Gasteiger partial charge in [-0.2, -0.15) is 0 Å². The lowest BCUT2D eigenvalue weighted by atomic mass is 10.0. The lowest BCUT2D eigenvalue weighted by Gasteiger charge is -2.28. The number of nitrogens with one attached hydrogen (secondary N) is 2. The topological polar surface area (TPSA) is 102 Å². The first kappa shape index (κ1) is 25.4. The quantitative estimate of drug-likeness (QED) is 0.748. The van der Waals surface area contributed by atoms with Crippen molar-refractivity contribution in [1.29, 1.82) is 0 Å². The summed E-state index contributed by atoms with van der Waals surface area (Å²) in [7, 11) is 0. The van der Waals surface area contributed by atoms with Crippen LogP contribution in [0.2, 0.25) is 0 Å². The Hall–Kier alpha value is -2.61. The van der Waals surface area contributed by atoms with Crippen molar-refractivity contribution >= 4 is 41.5 Å². The van der Waals surface area contributed by atoms with Gasteiger partial charge in [0.2, 0.25) is 5.91 Å². The number of aryl methyl sites for hydroxylation is 2. The molecule has 1 heterocycles. The summed E-state index contributed by atoms with van der Waals surface area (Å²) in [5.41, 5.74) is 4.50. The second kappa shape index (κ2) is 11.5. The molecular formula is C22H30ClN3O4. The zero-order valence-electron chi connectivity index (χ0n) is 17.5. The predicted octanol–water partition coefficient (Wildman–Crippen LogP) is 3.61. The Balaban J connectivity index is 0.00000225. The highest BCUT2D eigenvalue weighted by atomic mass is 35.5. The Bertz CT molecular complexity index is 875. The molecule has 0 radical (unpaired) electrons. The minimum absolute atomic E-state index is 0. The number of ether oxygens (including phenoxy) is 1. The van der Waals surface area contributed by atoms with Crippen molar-refractivity contribution in [3.63, 3.8) is 0 Å². The molecule has 0 bridgehead atoms. The molecular weight excluding hydrogens is 406 g/mol. The van der Waals surface area contributed by atoms with Crippen molar-refractivity contribution in [3.8, 4) is 0 Å². The third kappa shape index (κ3) is 5.50. The fourth-order valence-electron chi connectivity index (χ4n) is 3.51. The van der Waals surface area contributed by atoms with Crippen LogP contribution in [-0.4, -0.2) is 36.7 Å². The van der Waals surface area contributed by atoms with Crippen LogP contribution in [0.25, 0.3) is 0 Å². The van der Waals surface area contributed by atoms with Crippen molar-refractivity contribution in [2.24, 2.45) is 0 Å². The molecule has 3 rings (SSSR count). The van der Waals surface area contributed by atoms with E-state index in [1.165, 1.54) is 0 Å². The largest absolute Gasteiger partial charge is 0.450 e. The fraction of sp³-hybridized carbons (Fsp3) is 0.364. The van der Waals surface area contributed by atoms with E-state index in [9.17, 15) is 9.59 Å². The average Bonchev–Trinajstić information content (AvgIpc) is 2.84. The van der Waals surface area contributed by atoms with E-state index in [2.05, 4.69) is 16.7 Å². The molecule has 0 aliphatic carbocycles. The number of carbonyl (C=O) groups excluding carboxylic acids is 2. The molecule has 0 fully saturated rings. The van der Waals surface area contributed by atoms with E-state index in [1.807, 2.05) is 50.2 Å². The SMILES string of the molecule is CCNC(C)C(=O)N1c2ccccc2CCc2ccc(NC(=O)OCC)cc21.Cl.O. The monoisotopic (exact) mass is 435 g/mol. The number of para-hydroxylation sites is 1. The van der Waals surface area contributed by atoms with Crippen molar-refractivity contribution in [3.05, 3.63) is 53.6 Å². The number of anilines is 3. The lowest BCUT2D eigenvalue weighted by Crippen LogP contribution is -2.43. The maximum Gasteiger partial charge on any atom is 0.411 e. The number of amides is 2. The van der Waals surface area contributed by atoms with Gasteiger partial charge in [0.1, 0.15) is 0 Å². The maximum absolute atomic E-state index is 13.4. The molecule has 7 nitrogen and oxygen atoms in total. The van der Waals surface area contributed by atoms with E-state index in [4.69, 9.17) is 4.74 Å². The van der Waals surface area contributed by atoms with Crippen LogP contribution in [0.1, 0.15) is 31.9 Å². The van der Waals surface area contributed by atoms with Crippen LogP contribution in [-0.2, 0) is 22.4 Å². The van der Waals surface area contributed by atoms with Gasteiger partial charge in [-0.15, -0.1) is 12.4 Å². The molecule has 1 aliphatic rings. The summed E-state index contributed by atoms with van der Waals surface area (Å²) in [5, 5.41) is 5.94. The summed E-state index contributed by atoms with van der Waals surface area (Å²) >= 11 is 0. The number of nitrogens with zero attached hydrogens (tertiary/aromatic N) is 1. The van der Waals surface area contributed by atoms with Gasteiger partial charge >= 0.3 is 6.09 Å². The predicted molar refractivity (Wildman–Crippen MR) is 122 cm³/mol. The smallest absolute Gasteiger partial charge is 0.411 e. The Labute approximate surface area is 183 Å². The van der Waals surface area contributed by atoms with Crippen LogP contribution in [0.5, 0.6) is 0 Å². The van der Waals surface area contributed by atoms with Crippen molar-refractivity contribution in [1.82, 2.24) is 5.32 Å². The Morgan fingerprint density at radius 3 is 2.40 bits per heavy atom. The maximum atomic E-state index is 13.4. The molecule has 1 aliphatic heterocycles. The van der Waals surface area contributed by atoms with Crippen LogP contribution < -0.4 is 15.5 Å². The number of fused-ring (bicyclic) bond motifs is 2. The zero-order chi connectivity index (χ0) is 20.1. The number of benzene rings is 2. The number of rotatable bonds is 5. The first-order chi connectivity index (χ1) is 13.5. The summed E-state index contributed by atoms with van der Waals surface area (Å²) in [4.78, 5) is 27.0. The number of likely N-dealkylation sites (N-methyl/N-ethyl adjacent to an activating group) is 1. The third-order valence-corrected chi connectivity index (χ3v) is 4.85. The molecule has 0 saturated carbocycles. The molecule has 2 amide bonds. The molecule has 1 atom stereocenters. The van der Waals surface area contributed by atoms with Crippen LogP contribution in [0, 0.1) is 0 Å². The molecule has 0 aromatic heterocycles. The second-order valence-corrected chi connectivity index (χ2v) is 6.77. The molecule has 0 saturated heterocycles. The Kier molecular flexibility index (Phi) is 9.78. The van der Waals surface area contributed by atoms with Gasteiger partial charge in [0.05, 0.1) is 24.0 Å². The summed E-state index contributed by atoms with van der Waals surface area (Å²) in [6.07, 6.45) is 1.17. The van der Waals surface area contributed by atoms with E-state index in [1.54, 1.807) is 11.8 Å². The lowest BCUT2D eigenvalue weighted by molar-refractivity contribution is -0.119. The number of halogens is 1. The summed E-state index contributed by atoms with van der Waals surface area (Å²) in [6.45, 7) is 6.62. The number of hydrogen-bond donors (Lipinski definition) is 2. The fourth-order valence-corrected chi connectivity index (χ4v) is 3.51. The van der Waals surface area contributed by atoms with Crippen molar-refractivity contribution in [2.75, 3.05) is 23.4 Å². The van der Waals surface area contributed by atoms with Crippen LogP contribution >= 0.6 is 12.4 Å². The summed E-state index contributed by atoms with van der Waals surface area (Å²) in [6, 6.07) is 13.3. The van der Waals surface area contributed by atoms with E-state index in [0.29, 0.717) is 18.8 Å². The first-order valence-corrected chi connectivity index (χ1v) is 9.77. The normalized spacial score (nSPS) is 12.8. The second-order valence-electron chi connectivity index (χ2n) is 6.77. The Morgan fingerprint density at radius 1 is 1.07 bits per heavy atom. The molecule has 30 heavy (non-hydrogen) atoms. The number of hydrogen-bond acceptors (Lipinski definition) is 4. The molecule has 2 aromatic rings. The van der Waals surface area contributed by atoms with E-state index in [-0.39, 0.29) is 29.8 Å². The zero-order valence-corrected chi connectivity index (χ0v) is 18.3. The highest BCUT2D eigenvalue weighted by molar-refractivity contribution is 6.05. The van der Waals surface area contributed by atoms with Gasteiger partial charge < -0.3 is 15.5 Å². The molecule has 8 heteroatoms. The van der Waals surface area contributed by atoms with Crippen molar-refractivity contribution < 1.29 is 19.8 Å². The molecule has 164 valence electrons. The van der Waals surface area contributed by atoms with Gasteiger partial charge in [0, 0.05) is 5.69 Å². The van der Waals surface area contributed by atoms with Crippen LogP contribution in [0.15, 0.2) is 42.5 Å². The Morgan fingerprint density at radius 2 is 1.73 bits per heavy atom. The molecule has 0 spiro atoms. The third-order valence-electron chi connectivity index (χ3n) is 4.85. The van der Waals surface area contributed by atoms with E-state index < -0.39 is 6.09 Å². The molecule has 4 N–H and O–H groups in total. The highest BCUT2D eigenvalue weighted by Gasteiger charge is 2.29. The highest BCUT2D eigenvalue weighted by Crippen LogP contribution is 2.38. The summed E-state index contributed by atoms with van der Waals surface area (Å²) in [5.74, 6) is -0.0225.